The molecule has 1 amide bonds. The minimum Gasteiger partial charge on any atom is -0.493 e. The van der Waals surface area contributed by atoms with Gasteiger partial charge in [-0.3, -0.25) is 9.59 Å². The number of Topliss-reactive ketones (excluding diaryl/α,β-unsaturated/α-hetero) is 1. The summed E-state index contributed by atoms with van der Waals surface area (Å²) in [6.45, 7) is 1.83. The van der Waals surface area contributed by atoms with Gasteiger partial charge in [0.1, 0.15) is 18.5 Å². The lowest BCUT2D eigenvalue weighted by Gasteiger charge is -2.32. The van der Waals surface area contributed by atoms with Crippen LogP contribution in [-0.2, 0) is 15.7 Å². The number of alkyl halides is 3. The van der Waals surface area contributed by atoms with Crippen LogP contribution in [0.4, 0.5) is 17.6 Å². The van der Waals surface area contributed by atoms with Crippen molar-refractivity contribution >= 4 is 17.8 Å². The highest BCUT2D eigenvalue weighted by atomic mass is 19.4. The fraction of sp³-hybridized carbons (Fsp3) is 0.360. The lowest BCUT2D eigenvalue weighted by atomic mass is 10.1. The highest BCUT2D eigenvalue weighted by molar-refractivity contribution is 5.98. The lowest BCUT2D eigenvalue weighted by molar-refractivity contribution is -0.138. The van der Waals surface area contributed by atoms with Gasteiger partial charge in [-0.25, -0.2) is 4.39 Å². The molecule has 0 aromatic heterocycles. The molecule has 0 spiro atoms. The minimum absolute atomic E-state index is 0.0342. The Morgan fingerprint density at radius 3 is 2.53 bits per heavy atom. The van der Waals surface area contributed by atoms with Crippen LogP contribution >= 0.6 is 0 Å². The summed E-state index contributed by atoms with van der Waals surface area (Å²) in [7, 11) is 2.85. The maximum Gasteiger partial charge on any atom is 0.417 e. The average molecular weight is 511 g/mol. The predicted molar refractivity (Wildman–Crippen MR) is 122 cm³/mol. The molecule has 194 valence electrons. The summed E-state index contributed by atoms with van der Waals surface area (Å²) in [5.41, 5.74) is -1.22. The van der Waals surface area contributed by atoms with Crippen molar-refractivity contribution < 1.29 is 46.1 Å². The number of hydrogen-bond acceptors (Lipinski definition) is 6. The number of ketones is 1. The van der Waals surface area contributed by atoms with E-state index in [1.54, 1.807) is 12.1 Å². The fourth-order valence-electron chi connectivity index (χ4n) is 3.70. The Bertz CT molecular complexity index is 1150. The summed E-state index contributed by atoms with van der Waals surface area (Å²) in [4.78, 5) is 26.1. The summed E-state index contributed by atoms with van der Waals surface area (Å²) < 4.78 is 75.0. The van der Waals surface area contributed by atoms with Gasteiger partial charge in [0.15, 0.2) is 17.3 Å². The van der Waals surface area contributed by atoms with E-state index in [0.717, 1.165) is 24.3 Å². The summed E-state index contributed by atoms with van der Waals surface area (Å²) in [6.07, 6.45) is -3.34. The topological polar surface area (TPSA) is 74.3 Å². The molecule has 3 rings (SSSR count). The molecule has 1 saturated heterocycles. The zero-order chi connectivity index (χ0) is 26.5. The number of carbonyl (C=O) groups is 2. The first-order valence-corrected chi connectivity index (χ1v) is 10.9. The quantitative estimate of drug-likeness (QED) is 0.298. The van der Waals surface area contributed by atoms with Crippen LogP contribution in [0.1, 0.15) is 28.4 Å². The van der Waals surface area contributed by atoms with Crippen molar-refractivity contribution in [1.82, 2.24) is 4.90 Å². The van der Waals surface area contributed by atoms with Crippen LogP contribution in [0.25, 0.3) is 6.08 Å². The van der Waals surface area contributed by atoms with Crippen molar-refractivity contribution in [3.05, 3.63) is 58.9 Å². The number of carbonyl (C=O) groups excluding carboxylic acids is 2. The molecule has 1 aliphatic rings. The number of nitrogens with zero attached hydrogens (tertiary/aromatic N) is 1. The van der Waals surface area contributed by atoms with E-state index in [0.29, 0.717) is 11.8 Å². The Labute approximate surface area is 205 Å². The number of halogens is 4. The number of benzene rings is 2. The molecule has 0 N–H and O–H groups in total. The van der Waals surface area contributed by atoms with Gasteiger partial charge in [0, 0.05) is 12.6 Å². The van der Waals surface area contributed by atoms with Gasteiger partial charge in [-0.2, -0.15) is 13.2 Å². The third-order valence-corrected chi connectivity index (χ3v) is 5.47. The molecule has 7 nitrogen and oxygen atoms in total. The van der Waals surface area contributed by atoms with Crippen LogP contribution in [0.15, 0.2) is 36.4 Å². The van der Waals surface area contributed by atoms with Gasteiger partial charge in [0.2, 0.25) is 11.7 Å². The molecule has 0 radical (unpaired) electrons. The van der Waals surface area contributed by atoms with E-state index in [1.807, 2.05) is 0 Å². The van der Waals surface area contributed by atoms with Gasteiger partial charge >= 0.3 is 6.18 Å². The lowest BCUT2D eigenvalue weighted by Crippen LogP contribution is -2.47. The first-order chi connectivity index (χ1) is 17.0. The molecule has 2 aromatic carbocycles. The van der Waals surface area contributed by atoms with Crippen LogP contribution in [0.3, 0.4) is 0 Å². The largest absolute Gasteiger partial charge is 0.493 e. The van der Waals surface area contributed by atoms with Crippen LogP contribution in [-0.4, -0.2) is 63.2 Å². The van der Waals surface area contributed by atoms with Gasteiger partial charge < -0.3 is 23.8 Å². The number of amides is 1. The molecule has 0 bridgehead atoms. The summed E-state index contributed by atoms with van der Waals surface area (Å²) >= 11 is 0. The fourth-order valence-corrected chi connectivity index (χ4v) is 3.70. The molecule has 0 aliphatic carbocycles. The van der Waals surface area contributed by atoms with Crippen molar-refractivity contribution in [2.75, 3.05) is 40.5 Å². The van der Waals surface area contributed by atoms with Gasteiger partial charge in [-0.15, -0.1) is 0 Å². The molecule has 1 heterocycles. The number of hydrogen-bond donors (Lipinski definition) is 0. The summed E-state index contributed by atoms with van der Waals surface area (Å²) in [5.74, 6) is -1.05. The van der Waals surface area contributed by atoms with Gasteiger partial charge in [-0.1, -0.05) is 6.07 Å². The van der Waals surface area contributed by atoms with E-state index in [9.17, 15) is 27.2 Å². The normalized spacial score (nSPS) is 16.2. The third kappa shape index (κ3) is 6.34. The monoisotopic (exact) mass is 511 g/mol. The Hall–Kier alpha value is -3.60. The van der Waals surface area contributed by atoms with Gasteiger partial charge in [0.25, 0.3) is 0 Å². The van der Waals surface area contributed by atoms with Gasteiger partial charge in [0.05, 0.1) is 38.5 Å². The second kappa shape index (κ2) is 11.4. The molecular formula is C25H25F4NO6. The van der Waals surface area contributed by atoms with E-state index >= 15 is 0 Å². The molecule has 36 heavy (non-hydrogen) atoms. The second-order valence-electron chi connectivity index (χ2n) is 7.88. The number of morpholine rings is 1. The highest BCUT2D eigenvalue weighted by Crippen LogP contribution is 2.40. The predicted octanol–water partition coefficient (Wildman–Crippen LogP) is 4.38. The van der Waals surface area contributed by atoms with E-state index < -0.39 is 29.6 Å². The first-order valence-electron chi connectivity index (χ1n) is 10.9. The van der Waals surface area contributed by atoms with Crippen molar-refractivity contribution in [2.24, 2.45) is 0 Å². The molecule has 1 unspecified atom stereocenters. The van der Waals surface area contributed by atoms with E-state index in [4.69, 9.17) is 18.9 Å². The zero-order valence-corrected chi connectivity index (χ0v) is 19.9. The Morgan fingerprint density at radius 2 is 1.89 bits per heavy atom. The maximum atomic E-state index is 13.3. The molecular weight excluding hydrogens is 486 g/mol. The molecule has 2 aromatic rings. The molecule has 1 fully saturated rings. The highest BCUT2D eigenvalue weighted by Gasteiger charge is 2.33. The number of rotatable bonds is 8. The number of methoxy groups -OCH3 is 2. The van der Waals surface area contributed by atoms with Crippen molar-refractivity contribution in [2.45, 2.75) is 19.2 Å². The summed E-state index contributed by atoms with van der Waals surface area (Å²) in [5, 5.41) is 0. The van der Waals surface area contributed by atoms with Crippen LogP contribution < -0.4 is 14.2 Å². The van der Waals surface area contributed by atoms with Crippen molar-refractivity contribution in [3.8, 4) is 17.2 Å². The van der Waals surface area contributed by atoms with Crippen LogP contribution in [0.5, 0.6) is 17.2 Å². The molecule has 11 heteroatoms. The van der Waals surface area contributed by atoms with Gasteiger partial charge in [-0.05, 0) is 42.8 Å². The van der Waals surface area contributed by atoms with Crippen LogP contribution in [0.2, 0.25) is 0 Å². The molecule has 0 saturated carbocycles. The zero-order valence-electron chi connectivity index (χ0n) is 19.9. The minimum atomic E-state index is -4.77. The second-order valence-corrected chi connectivity index (χ2v) is 7.88. The van der Waals surface area contributed by atoms with E-state index in [1.165, 1.54) is 26.0 Å². The van der Waals surface area contributed by atoms with Crippen LogP contribution in [0, 0.1) is 5.82 Å². The van der Waals surface area contributed by atoms with Crippen molar-refractivity contribution in [1.29, 1.82) is 0 Å². The van der Waals surface area contributed by atoms with E-state index in [2.05, 4.69) is 0 Å². The molecule has 1 atom stereocenters. The first kappa shape index (κ1) is 27.0. The summed E-state index contributed by atoms with van der Waals surface area (Å²) in [6, 6.07) is 5.37. The maximum absolute atomic E-state index is 13.3. The van der Waals surface area contributed by atoms with Crippen molar-refractivity contribution in [3.63, 3.8) is 0 Å². The molecule has 1 aliphatic heterocycles. The smallest absolute Gasteiger partial charge is 0.417 e. The Kier molecular flexibility index (Phi) is 8.57. The average Bonchev–Trinajstić information content (AvgIpc) is 2.85. The van der Waals surface area contributed by atoms with E-state index in [-0.39, 0.29) is 54.7 Å². The Balaban J connectivity index is 1.71. The SMILES string of the molecule is COc1ccc(C(C)=O)c(OCC2CN(C(=O)C=Cc3ccc(F)cc3C(F)(F)F)CCO2)c1OC. The number of ether oxygens (including phenoxy) is 4. The Morgan fingerprint density at radius 1 is 1.14 bits per heavy atom. The third-order valence-electron chi connectivity index (χ3n) is 5.47. The standard InChI is InChI=1S/C25H25F4NO6/c1-15(31)19-7-8-21(33-2)24(34-3)23(19)36-14-18-13-30(10-11-35-18)22(32)9-5-16-4-6-17(26)12-20(16)25(27,28)29/h4-9,12,18H,10-11,13-14H2,1-3H3.